The zero-order valence-corrected chi connectivity index (χ0v) is 11.7. The van der Waals surface area contributed by atoms with E-state index in [2.05, 4.69) is 68.4 Å². The Labute approximate surface area is 118 Å². The predicted octanol–water partition coefficient (Wildman–Crippen LogP) is 5.13. The Balaban J connectivity index is 2.16. The first-order chi connectivity index (χ1) is 9.67. The van der Waals surface area contributed by atoms with E-state index in [1.54, 1.807) is 0 Å². The number of hydrogen-bond donors (Lipinski definition) is 0. The Morgan fingerprint density at radius 1 is 0.750 bits per heavy atom. The van der Waals surface area contributed by atoms with Crippen molar-refractivity contribution >= 4 is 10.8 Å². The van der Waals surface area contributed by atoms with Crippen LogP contribution in [-0.4, -0.2) is 0 Å². The third-order valence-corrected chi connectivity index (χ3v) is 4.07. The number of hydrogen-bond acceptors (Lipinski definition) is 1. The van der Waals surface area contributed by atoms with E-state index >= 15 is 0 Å². The molecule has 0 spiro atoms. The third kappa shape index (κ3) is 1.50. The maximum absolute atomic E-state index is 6.25. The van der Waals surface area contributed by atoms with Gasteiger partial charge in [0.15, 0.2) is 0 Å². The summed E-state index contributed by atoms with van der Waals surface area (Å²) in [6.45, 7) is 4.29. The molecule has 0 radical (unpaired) electrons. The van der Waals surface area contributed by atoms with Gasteiger partial charge in [-0.3, -0.25) is 0 Å². The van der Waals surface area contributed by atoms with Crippen LogP contribution >= 0.6 is 0 Å². The van der Waals surface area contributed by atoms with Gasteiger partial charge in [0.25, 0.3) is 0 Å². The average Bonchev–Trinajstić information content (AvgIpc) is 2.46. The lowest BCUT2D eigenvalue weighted by atomic mass is 9.83. The fraction of sp³-hybridized carbons (Fsp3) is 0.158. The lowest BCUT2D eigenvalue weighted by Crippen LogP contribution is -2.29. The summed E-state index contributed by atoms with van der Waals surface area (Å²) in [4.78, 5) is 0. The topological polar surface area (TPSA) is 9.23 Å². The van der Waals surface area contributed by atoms with Crippen molar-refractivity contribution in [1.82, 2.24) is 0 Å². The van der Waals surface area contributed by atoms with Crippen LogP contribution in [0.1, 0.15) is 19.4 Å². The molecule has 4 rings (SSSR count). The zero-order valence-electron chi connectivity index (χ0n) is 11.7. The lowest BCUT2D eigenvalue weighted by Gasteiger charge is -2.36. The van der Waals surface area contributed by atoms with Gasteiger partial charge in [-0.25, -0.2) is 0 Å². The molecule has 0 aromatic heterocycles. The molecule has 1 aliphatic rings. The molecule has 20 heavy (non-hydrogen) atoms. The van der Waals surface area contributed by atoms with Crippen molar-refractivity contribution in [3.63, 3.8) is 0 Å². The molecule has 0 fully saturated rings. The van der Waals surface area contributed by atoms with Gasteiger partial charge in [-0.2, -0.15) is 0 Å². The van der Waals surface area contributed by atoms with E-state index in [0.717, 1.165) is 5.75 Å². The van der Waals surface area contributed by atoms with Gasteiger partial charge in [0.05, 0.1) is 0 Å². The standard InChI is InChI=1S/C19H16O/c1-19(2)18-14-8-4-3-7-13(14)11-12-16(18)15-9-5-6-10-17(15)20-19/h3-12H,1-2H3. The number of para-hydroxylation sites is 1. The maximum atomic E-state index is 6.25. The molecular weight excluding hydrogens is 244 g/mol. The van der Waals surface area contributed by atoms with Gasteiger partial charge in [-0.05, 0) is 36.2 Å². The summed E-state index contributed by atoms with van der Waals surface area (Å²) < 4.78 is 6.25. The summed E-state index contributed by atoms with van der Waals surface area (Å²) in [6, 6.07) is 21.2. The smallest absolute Gasteiger partial charge is 0.130 e. The van der Waals surface area contributed by atoms with Crippen LogP contribution in [0.5, 0.6) is 5.75 Å². The molecular formula is C19H16O. The Bertz CT molecular complexity index is 815. The van der Waals surface area contributed by atoms with Crippen molar-refractivity contribution in [2.75, 3.05) is 0 Å². The van der Waals surface area contributed by atoms with Gasteiger partial charge in [0.2, 0.25) is 0 Å². The second-order valence-electron chi connectivity index (χ2n) is 5.82. The third-order valence-electron chi connectivity index (χ3n) is 4.07. The predicted molar refractivity (Wildman–Crippen MR) is 83.0 cm³/mol. The van der Waals surface area contributed by atoms with E-state index in [-0.39, 0.29) is 5.60 Å². The Kier molecular flexibility index (Phi) is 2.23. The van der Waals surface area contributed by atoms with Crippen molar-refractivity contribution in [2.24, 2.45) is 0 Å². The molecule has 0 amide bonds. The molecule has 0 atom stereocenters. The SMILES string of the molecule is CC1(C)Oc2ccccc2-c2ccc3ccccc3c21. The van der Waals surface area contributed by atoms with Crippen molar-refractivity contribution in [2.45, 2.75) is 19.4 Å². The molecule has 0 saturated carbocycles. The maximum Gasteiger partial charge on any atom is 0.130 e. The number of fused-ring (bicyclic) bond motifs is 5. The summed E-state index contributed by atoms with van der Waals surface area (Å²) >= 11 is 0. The second kappa shape index (κ2) is 3.86. The van der Waals surface area contributed by atoms with Gasteiger partial charge in [0, 0.05) is 11.1 Å². The molecule has 0 saturated heterocycles. The molecule has 1 heteroatoms. The molecule has 0 N–H and O–H groups in total. The highest BCUT2D eigenvalue weighted by Gasteiger charge is 2.33. The molecule has 0 bridgehead atoms. The molecule has 3 aromatic rings. The van der Waals surface area contributed by atoms with Crippen LogP contribution in [-0.2, 0) is 5.60 Å². The molecule has 98 valence electrons. The van der Waals surface area contributed by atoms with E-state index in [0.29, 0.717) is 0 Å². The number of benzene rings is 3. The highest BCUT2D eigenvalue weighted by atomic mass is 16.5. The number of rotatable bonds is 0. The molecule has 1 nitrogen and oxygen atoms in total. The Hall–Kier alpha value is -2.28. The summed E-state index contributed by atoms with van der Waals surface area (Å²) in [6.07, 6.45) is 0. The van der Waals surface area contributed by atoms with Crippen molar-refractivity contribution in [3.05, 3.63) is 66.2 Å². The van der Waals surface area contributed by atoms with Crippen molar-refractivity contribution < 1.29 is 4.74 Å². The van der Waals surface area contributed by atoms with Gasteiger partial charge in [0.1, 0.15) is 11.4 Å². The first kappa shape index (κ1) is 11.5. The Morgan fingerprint density at radius 3 is 2.40 bits per heavy atom. The summed E-state index contributed by atoms with van der Waals surface area (Å²) in [5, 5.41) is 2.55. The fourth-order valence-electron chi connectivity index (χ4n) is 3.25. The fourth-order valence-corrected chi connectivity index (χ4v) is 3.25. The number of ether oxygens (including phenoxy) is 1. The summed E-state index contributed by atoms with van der Waals surface area (Å²) in [5.41, 5.74) is 3.45. The van der Waals surface area contributed by atoms with Crippen LogP contribution in [0.15, 0.2) is 60.7 Å². The van der Waals surface area contributed by atoms with E-state index in [1.165, 1.54) is 27.5 Å². The largest absolute Gasteiger partial charge is 0.482 e. The Morgan fingerprint density at radius 2 is 1.50 bits per heavy atom. The van der Waals surface area contributed by atoms with Gasteiger partial charge in [-0.1, -0.05) is 54.6 Å². The summed E-state index contributed by atoms with van der Waals surface area (Å²) in [7, 11) is 0. The second-order valence-corrected chi connectivity index (χ2v) is 5.82. The van der Waals surface area contributed by atoms with Crippen molar-refractivity contribution in [1.29, 1.82) is 0 Å². The van der Waals surface area contributed by atoms with Crippen LogP contribution < -0.4 is 4.74 Å². The molecule has 3 aromatic carbocycles. The molecule has 0 aliphatic carbocycles. The van der Waals surface area contributed by atoms with Crippen molar-refractivity contribution in [3.8, 4) is 16.9 Å². The first-order valence-corrected chi connectivity index (χ1v) is 6.97. The van der Waals surface area contributed by atoms with E-state index in [4.69, 9.17) is 4.74 Å². The van der Waals surface area contributed by atoms with Gasteiger partial charge < -0.3 is 4.74 Å². The zero-order chi connectivity index (χ0) is 13.7. The van der Waals surface area contributed by atoms with Crippen LogP contribution in [0.3, 0.4) is 0 Å². The summed E-state index contributed by atoms with van der Waals surface area (Å²) in [5.74, 6) is 0.972. The quantitative estimate of drug-likeness (QED) is 0.544. The van der Waals surface area contributed by atoms with Crippen LogP contribution in [0.4, 0.5) is 0 Å². The highest BCUT2D eigenvalue weighted by molar-refractivity contribution is 5.94. The monoisotopic (exact) mass is 260 g/mol. The average molecular weight is 260 g/mol. The van der Waals surface area contributed by atoms with E-state index in [9.17, 15) is 0 Å². The lowest BCUT2D eigenvalue weighted by molar-refractivity contribution is 0.107. The van der Waals surface area contributed by atoms with Gasteiger partial charge in [-0.15, -0.1) is 0 Å². The first-order valence-electron chi connectivity index (χ1n) is 6.97. The molecule has 1 heterocycles. The molecule has 0 unspecified atom stereocenters. The minimum atomic E-state index is -0.315. The highest BCUT2D eigenvalue weighted by Crippen LogP contribution is 2.47. The molecule has 1 aliphatic heterocycles. The minimum Gasteiger partial charge on any atom is -0.482 e. The van der Waals surface area contributed by atoms with Crippen LogP contribution in [0.2, 0.25) is 0 Å². The van der Waals surface area contributed by atoms with Crippen LogP contribution in [0, 0.1) is 0 Å². The normalized spacial score (nSPS) is 15.3. The van der Waals surface area contributed by atoms with Crippen LogP contribution in [0.25, 0.3) is 21.9 Å². The van der Waals surface area contributed by atoms with Gasteiger partial charge >= 0.3 is 0 Å². The van der Waals surface area contributed by atoms with E-state index < -0.39 is 0 Å². The minimum absolute atomic E-state index is 0.315. The van der Waals surface area contributed by atoms with E-state index in [1.807, 2.05) is 6.07 Å².